The molecule has 0 aliphatic carbocycles. The van der Waals surface area contributed by atoms with Gasteiger partial charge in [0.05, 0.1) is 12.5 Å². The van der Waals surface area contributed by atoms with E-state index in [0.29, 0.717) is 6.42 Å². The Kier molecular flexibility index (Phi) is 4.53. The fourth-order valence-electron chi connectivity index (χ4n) is 2.57. The molecule has 1 unspecified atom stereocenters. The minimum Gasteiger partial charge on any atom is -0.340 e. The van der Waals surface area contributed by atoms with Crippen molar-refractivity contribution >= 4 is 5.91 Å². The van der Waals surface area contributed by atoms with Gasteiger partial charge >= 0.3 is 0 Å². The molecule has 1 saturated heterocycles. The Morgan fingerprint density at radius 3 is 2.42 bits per heavy atom. The van der Waals surface area contributed by atoms with Gasteiger partial charge in [-0.3, -0.25) is 9.69 Å². The van der Waals surface area contributed by atoms with Crippen LogP contribution < -0.4 is 0 Å². The first-order valence-corrected chi connectivity index (χ1v) is 6.64. The minimum absolute atomic E-state index is 0.135. The molecule has 1 aliphatic heterocycles. The van der Waals surface area contributed by atoms with Gasteiger partial charge in [-0.15, -0.1) is 0 Å². The molecule has 1 fully saturated rings. The van der Waals surface area contributed by atoms with Crippen LogP contribution in [0.1, 0.15) is 24.9 Å². The molecule has 19 heavy (non-hydrogen) atoms. The number of carbonyl (C=O) groups excluding carboxylic acids is 1. The fraction of sp³-hybridized carbons (Fsp3) is 0.467. The van der Waals surface area contributed by atoms with Crippen molar-refractivity contribution in [3.05, 3.63) is 35.9 Å². The van der Waals surface area contributed by atoms with Crippen LogP contribution in [0.15, 0.2) is 30.3 Å². The molecular weight excluding hydrogens is 238 g/mol. The Morgan fingerprint density at radius 1 is 1.26 bits per heavy atom. The first kappa shape index (κ1) is 13.6. The molecule has 4 heteroatoms. The van der Waals surface area contributed by atoms with Crippen molar-refractivity contribution in [3.63, 3.8) is 0 Å². The largest absolute Gasteiger partial charge is 0.340 e. The lowest BCUT2D eigenvalue weighted by Crippen LogP contribution is -2.49. The number of hydrogen-bond donors (Lipinski definition) is 0. The van der Waals surface area contributed by atoms with Crippen LogP contribution in [0.5, 0.6) is 0 Å². The predicted octanol–water partition coefficient (Wildman–Crippen LogP) is 1.81. The van der Waals surface area contributed by atoms with Gasteiger partial charge in [-0.25, -0.2) is 0 Å². The van der Waals surface area contributed by atoms with Gasteiger partial charge in [0.15, 0.2) is 0 Å². The third-order valence-corrected chi connectivity index (χ3v) is 3.67. The Labute approximate surface area is 114 Å². The van der Waals surface area contributed by atoms with E-state index in [1.807, 2.05) is 23.1 Å². The highest BCUT2D eigenvalue weighted by Crippen LogP contribution is 2.25. The third kappa shape index (κ3) is 3.33. The van der Waals surface area contributed by atoms with Gasteiger partial charge in [0, 0.05) is 39.1 Å². The lowest BCUT2D eigenvalue weighted by Gasteiger charge is -2.38. The first-order valence-electron chi connectivity index (χ1n) is 6.64. The monoisotopic (exact) mass is 257 g/mol. The molecule has 0 bridgehead atoms. The Balaban J connectivity index is 2.06. The van der Waals surface area contributed by atoms with Gasteiger partial charge in [-0.1, -0.05) is 30.3 Å². The molecule has 0 N–H and O–H groups in total. The minimum atomic E-state index is 0.135. The lowest BCUT2D eigenvalue weighted by molar-refractivity contribution is -0.130. The molecular formula is C15H19N3O. The zero-order valence-electron chi connectivity index (χ0n) is 11.2. The highest BCUT2D eigenvalue weighted by atomic mass is 16.2. The van der Waals surface area contributed by atoms with E-state index in [-0.39, 0.29) is 11.9 Å². The van der Waals surface area contributed by atoms with Gasteiger partial charge in [-0.2, -0.15) is 5.26 Å². The fourth-order valence-corrected chi connectivity index (χ4v) is 2.57. The van der Waals surface area contributed by atoms with Crippen molar-refractivity contribution in [2.45, 2.75) is 19.4 Å². The highest BCUT2D eigenvalue weighted by Gasteiger charge is 2.25. The topological polar surface area (TPSA) is 47.3 Å². The molecule has 4 nitrogen and oxygen atoms in total. The molecule has 0 radical (unpaired) electrons. The Hall–Kier alpha value is -1.86. The quantitative estimate of drug-likeness (QED) is 0.829. The summed E-state index contributed by atoms with van der Waals surface area (Å²) in [6.07, 6.45) is 0.490. The van der Waals surface area contributed by atoms with E-state index in [0.717, 1.165) is 26.2 Å². The third-order valence-electron chi connectivity index (χ3n) is 3.67. The number of hydrogen-bond acceptors (Lipinski definition) is 3. The first-order chi connectivity index (χ1) is 9.22. The number of nitrogens with zero attached hydrogens (tertiary/aromatic N) is 3. The van der Waals surface area contributed by atoms with Crippen LogP contribution in [-0.4, -0.2) is 41.9 Å². The zero-order chi connectivity index (χ0) is 13.7. The smallest absolute Gasteiger partial charge is 0.219 e. The maximum atomic E-state index is 11.3. The number of carbonyl (C=O) groups is 1. The van der Waals surface area contributed by atoms with Gasteiger partial charge in [-0.05, 0) is 5.56 Å². The molecule has 0 aromatic heterocycles. The molecule has 1 aliphatic rings. The Morgan fingerprint density at radius 2 is 1.89 bits per heavy atom. The maximum absolute atomic E-state index is 11.3. The van der Waals surface area contributed by atoms with E-state index in [9.17, 15) is 4.79 Å². The Bertz CT molecular complexity index is 458. The standard InChI is InChI=1S/C15H19N3O/c1-13(19)17-9-11-18(12-10-17)15(7-8-16)14-5-3-2-4-6-14/h2-6,15H,7,9-12H2,1H3. The van der Waals surface area contributed by atoms with Crippen molar-refractivity contribution in [3.8, 4) is 6.07 Å². The van der Waals surface area contributed by atoms with Crippen LogP contribution in [0.3, 0.4) is 0 Å². The predicted molar refractivity (Wildman–Crippen MR) is 73.2 cm³/mol. The normalized spacial score (nSPS) is 17.8. The van der Waals surface area contributed by atoms with E-state index in [1.54, 1.807) is 6.92 Å². The molecule has 1 atom stereocenters. The van der Waals surface area contributed by atoms with E-state index >= 15 is 0 Å². The summed E-state index contributed by atoms with van der Waals surface area (Å²) < 4.78 is 0. The summed E-state index contributed by atoms with van der Waals surface area (Å²) in [6, 6.07) is 12.5. The number of nitriles is 1. The van der Waals surface area contributed by atoms with Gasteiger partial charge in [0.2, 0.25) is 5.91 Å². The molecule has 0 saturated carbocycles. The second kappa shape index (κ2) is 6.35. The molecule has 1 aromatic rings. The summed E-state index contributed by atoms with van der Waals surface area (Å²) in [5.74, 6) is 0.135. The molecule has 1 aromatic carbocycles. The van der Waals surface area contributed by atoms with Crippen molar-refractivity contribution in [2.24, 2.45) is 0 Å². The van der Waals surface area contributed by atoms with E-state index in [2.05, 4.69) is 23.1 Å². The summed E-state index contributed by atoms with van der Waals surface area (Å²) in [6.45, 7) is 4.79. The van der Waals surface area contributed by atoms with Gasteiger partial charge < -0.3 is 4.90 Å². The maximum Gasteiger partial charge on any atom is 0.219 e. The van der Waals surface area contributed by atoms with Crippen molar-refractivity contribution in [2.75, 3.05) is 26.2 Å². The second-order valence-corrected chi connectivity index (χ2v) is 4.83. The highest BCUT2D eigenvalue weighted by molar-refractivity contribution is 5.73. The molecule has 2 rings (SSSR count). The van der Waals surface area contributed by atoms with Crippen LogP contribution in [-0.2, 0) is 4.79 Å². The van der Waals surface area contributed by atoms with Crippen LogP contribution in [0, 0.1) is 11.3 Å². The number of benzene rings is 1. The van der Waals surface area contributed by atoms with Gasteiger partial charge in [0.25, 0.3) is 0 Å². The summed E-state index contributed by atoms with van der Waals surface area (Å²) in [5, 5.41) is 9.03. The van der Waals surface area contributed by atoms with Crippen molar-refractivity contribution in [1.29, 1.82) is 5.26 Å². The number of rotatable bonds is 3. The van der Waals surface area contributed by atoms with Crippen molar-refractivity contribution < 1.29 is 4.79 Å². The molecule has 1 amide bonds. The summed E-state index contributed by atoms with van der Waals surface area (Å²) in [4.78, 5) is 15.5. The average molecular weight is 257 g/mol. The van der Waals surface area contributed by atoms with E-state index in [1.165, 1.54) is 5.56 Å². The van der Waals surface area contributed by atoms with Gasteiger partial charge in [0.1, 0.15) is 0 Å². The summed E-state index contributed by atoms with van der Waals surface area (Å²) >= 11 is 0. The van der Waals surface area contributed by atoms with E-state index < -0.39 is 0 Å². The summed E-state index contributed by atoms with van der Waals surface area (Å²) in [5.41, 5.74) is 1.18. The average Bonchev–Trinajstić information content (AvgIpc) is 2.46. The van der Waals surface area contributed by atoms with Crippen LogP contribution >= 0.6 is 0 Å². The van der Waals surface area contributed by atoms with E-state index in [4.69, 9.17) is 5.26 Å². The lowest BCUT2D eigenvalue weighted by atomic mass is 10.0. The molecule has 100 valence electrons. The van der Waals surface area contributed by atoms with Crippen LogP contribution in [0.4, 0.5) is 0 Å². The second-order valence-electron chi connectivity index (χ2n) is 4.83. The zero-order valence-corrected chi connectivity index (χ0v) is 11.2. The van der Waals surface area contributed by atoms with Crippen LogP contribution in [0.25, 0.3) is 0 Å². The molecule has 1 heterocycles. The SMILES string of the molecule is CC(=O)N1CCN(C(CC#N)c2ccccc2)CC1. The number of piperazine rings is 1. The van der Waals surface area contributed by atoms with Crippen LogP contribution in [0.2, 0.25) is 0 Å². The number of amides is 1. The summed E-state index contributed by atoms with van der Waals surface area (Å²) in [7, 11) is 0. The molecule has 0 spiro atoms. The van der Waals surface area contributed by atoms with Crippen molar-refractivity contribution in [1.82, 2.24) is 9.80 Å².